The molecule has 4 nitrogen and oxygen atoms in total. The highest BCUT2D eigenvalue weighted by molar-refractivity contribution is 5.85. The van der Waals surface area contributed by atoms with Gasteiger partial charge in [-0.1, -0.05) is 6.92 Å². The monoisotopic (exact) mass is 268 g/mol. The molecule has 0 radical (unpaired) electrons. The van der Waals surface area contributed by atoms with E-state index < -0.39 is 6.23 Å². The summed E-state index contributed by atoms with van der Waals surface area (Å²) < 4.78 is 5.02. The molecule has 6 heteroatoms. The first kappa shape index (κ1) is 17.6. The second kappa shape index (κ2) is 8.33. The zero-order valence-corrected chi connectivity index (χ0v) is 10.9. The van der Waals surface area contributed by atoms with E-state index in [0.717, 1.165) is 5.69 Å². The van der Waals surface area contributed by atoms with Crippen molar-refractivity contribution in [2.45, 2.75) is 19.6 Å². The summed E-state index contributed by atoms with van der Waals surface area (Å²) in [4.78, 5) is 0. The predicted octanol–water partition coefficient (Wildman–Crippen LogP) is 2.26. The number of nitrogens with two attached hydrogens (primary N) is 1. The SMILES string of the molecule is CCC(O)Nc1ccc(OC)c(N)c1.Cl.Cl. The molecule has 0 amide bonds. The quantitative estimate of drug-likeness (QED) is 0.579. The van der Waals surface area contributed by atoms with Gasteiger partial charge in [0.2, 0.25) is 0 Å². The Bertz CT molecular complexity index is 311. The largest absolute Gasteiger partial charge is 0.495 e. The molecule has 0 spiro atoms. The molecule has 0 bridgehead atoms. The number of methoxy groups -OCH3 is 1. The van der Waals surface area contributed by atoms with Crippen LogP contribution in [0.2, 0.25) is 0 Å². The van der Waals surface area contributed by atoms with Gasteiger partial charge in [0, 0.05) is 5.69 Å². The van der Waals surface area contributed by atoms with Crippen LogP contribution >= 0.6 is 24.8 Å². The van der Waals surface area contributed by atoms with Gasteiger partial charge in [0.1, 0.15) is 12.0 Å². The number of nitrogens with one attached hydrogen (secondary N) is 1. The molecule has 16 heavy (non-hydrogen) atoms. The first-order valence-electron chi connectivity index (χ1n) is 4.55. The Kier molecular flexibility index (Phi) is 9.14. The minimum Gasteiger partial charge on any atom is -0.495 e. The van der Waals surface area contributed by atoms with Crippen molar-refractivity contribution in [2.24, 2.45) is 0 Å². The molecule has 0 fully saturated rings. The molecule has 0 saturated carbocycles. The van der Waals surface area contributed by atoms with Gasteiger partial charge in [0.25, 0.3) is 0 Å². The van der Waals surface area contributed by atoms with Crippen LogP contribution in [0.25, 0.3) is 0 Å². The van der Waals surface area contributed by atoms with Crippen LogP contribution in [0.1, 0.15) is 13.3 Å². The van der Waals surface area contributed by atoms with Crippen molar-refractivity contribution in [3.05, 3.63) is 18.2 Å². The lowest BCUT2D eigenvalue weighted by molar-refractivity contribution is 0.199. The van der Waals surface area contributed by atoms with Gasteiger partial charge in [0.05, 0.1) is 12.8 Å². The van der Waals surface area contributed by atoms with Gasteiger partial charge in [0.15, 0.2) is 0 Å². The van der Waals surface area contributed by atoms with Crippen molar-refractivity contribution in [2.75, 3.05) is 18.2 Å². The molecule has 94 valence electrons. The van der Waals surface area contributed by atoms with Gasteiger partial charge < -0.3 is 20.9 Å². The molecular weight excluding hydrogens is 251 g/mol. The summed E-state index contributed by atoms with van der Waals surface area (Å²) in [7, 11) is 1.57. The predicted molar refractivity (Wildman–Crippen MR) is 71.8 cm³/mol. The number of benzene rings is 1. The molecular formula is C10H18Cl2N2O2. The molecule has 0 aliphatic heterocycles. The minimum atomic E-state index is -0.539. The fraction of sp³-hybridized carbons (Fsp3) is 0.400. The average Bonchev–Trinajstić information content (AvgIpc) is 2.18. The smallest absolute Gasteiger partial charge is 0.141 e. The Balaban J connectivity index is 0. The zero-order valence-electron chi connectivity index (χ0n) is 9.27. The number of halogens is 2. The van der Waals surface area contributed by atoms with Crippen LogP contribution in [0.5, 0.6) is 5.75 Å². The van der Waals surface area contributed by atoms with Crippen LogP contribution in [0, 0.1) is 0 Å². The number of hydrogen-bond donors (Lipinski definition) is 3. The van der Waals surface area contributed by atoms with Gasteiger partial charge in [-0.3, -0.25) is 0 Å². The number of rotatable bonds is 4. The highest BCUT2D eigenvalue weighted by Crippen LogP contribution is 2.24. The molecule has 0 aliphatic rings. The number of nitrogen functional groups attached to an aromatic ring is 1. The molecule has 1 aromatic rings. The third-order valence-electron chi connectivity index (χ3n) is 1.95. The lowest BCUT2D eigenvalue weighted by Crippen LogP contribution is -2.16. The average molecular weight is 269 g/mol. The van der Waals surface area contributed by atoms with Crippen molar-refractivity contribution in [3.63, 3.8) is 0 Å². The van der Waals surface area contributed by atoms with E-state index in [1.165, 1.54) is 0 Å². The zero-order chi connectivity index (χ0) is 10.6. The summed E-state index contributed by atoms with van der Waals surface area (Å²) in [5.74, 6) is 0.640. The fourth-order valence-corrected chi connectivity index (χ4v) is 1.12. The molecule has 1 rings (SSSR count). The van der Waals surface area contributed by atoms with Crippen LogP contribution in [0.15, 0.2) is 18.2 Å². The Labute approximate surface area is 108 Å². The number of hydrogen-bond acceptors (Lipinski definition) is 4. The van der Waals surface area contributed by atoms with E-state index in [1.54, 1.807) is 19.2 Å². The van der Waals surface area contributed by atoms with E-state index in [0.29, 0.717) is 17.9 Å². The van der Waals surface area contributed by atoms with Gasteiger partial charge in [-0.25, -0.2) is 0 Å². The lowest BCUT2D eigenvalue weighted by atomic mass is 10.2. The maximum atomic E-state index is 9.35. The Morgan fingerprint density at radius 2 is 2.06 bits per heavy atom. The third kappa shape index (κ3) is 4.79. The van der Waals surface area contributed by atoms with Crippen molar-refractivity contribution >= 4 is 36.2 Å². The summed E-state index contributed by atoms with van der Waals surface area (Å²) in [5, 5.41) is 12.2. The number of aliphatic hydroxyl groups is 1. The van der Waals surface area contributed by atoms with Crippen LogP contribution in [-0.2, 0) is 0 Å². The molecule has 1 atom stereocenters. The minimum absolute atomic E-state index is 0. The summed E-state index contributed by atoms with van der Waals surface area (Å²) >= 11 is 0. The maximum Gasteiger partial charge on any atom is 0.141 e. The van der Waals surface area contributed by atoms with E-state index >= 15 is 0 Å². The van der Waals surface area contributed by atoms with Crippen molar-refractivity contribution < 1.29 is 9.84 Å². The molecule has 0 aliphatic carbocycles. The fourth-order valence-electron chi connectivity index (χ4n) is 1.12. The summed E-state index contributed by atoms with van der Waals surface area (Å²) in [6.45, 7) is 1.89. The van der Waals surface area contributed by atoms with Gasteiger partial charge in [-0.2, -0.15) is 0 Å². The van der Waals surface area contributed by atoms with Crippen molar-refractivity contribution in [1.29, 1.82) is 0 Å². The van der Waals surface area contributed by atoms with Gasteiger partial charge in [-0.05, 0) is 24.6 Å². The molecule has 1 unspecified atom stereocenters. The van der Waals surface area contributed by atoms with E-state index in [2.05, 4.69) is 5.32 Å². The summed E-state index contributed by atoms with van der Waals surface area (Å²) in [6.07, 6.45) is 0.106. The second-order valence-corrected chi connectivity index (χ2v) is 3.03. The Morgan fingerprint density at radius 1 is 1.44 bits per heavy atom. The highest BCUT2D eigenvalue weighted by atomic mass is 35.5. The normalized spacial score (nSPS) is 10.7. The summed E-state index contributed by atoms with van der Waals surface area (Å²) in [6, 6.07) is 5.31. The van der Waals surface area contributed by atoms with E-state index in [4.69, 9.17) is 10.5 Å². The van der Waals surface area contributed by atoms with Crippen LogP contribution < -0.4 is 15.8 Å². The second-order valence-electron chi connectivity index (χ2n) is 3.03. The topological polar surface area (TPSA) is 67.5 Å². The van der Waals surface area contributed by atoms with Gasteiger partial charge >= 0.3 is 0 Å². The maximum absolute atomic E-state index is 9.35. The molecule has 4 N–H and O–H groups in total. The highest BCUT2D eigenvalue weighted by Gasteiger charge is 2.03. The van der Waals surface area contributed by atoms with Crippen molar-refractivity contribution in [3.8, 4) is 5.75 Å². The Hall–Kier alpha value is -0.840. The standard InChI is InChI=1S/C10H16N2O2.2ClH/c1-3-10(13)12-7-4-5-9(14-2)8(11)6-7;;/h4-6,10,12-13H,3,11H2,1-2H3;2*1H. The van der Waals surface area contributed by atoms with Crippen LogP contribution in [-0.4, -0.2) is 18.4 Å². The first-order valence-corrected chi connectivity index (χ1v) is 4.55. The van der Waals surface area contributed by atoms with Crippen LogP contribution in [0.3, 0.4) is 0 Å². The molecule has 0 aromatic heterocycles. The number of anilines is 2. The number of ether oxygens (including phenoxy) is 1. The van der Waals surface area contributed by atoms with E-state index in [9.17, 15) is 5.11 Å². The molecule has 1 aromatic carbocycles. The molecule has 0 saturated heterocycles. The van der Waals surface area contributed by atoms with E-state index in [1.807, 2.05) is 13.0 Å². The molecule has 0 heterocycles. The Morgan fingerprint density at radius 3 is 2.50 bits per heavy atom. The number of aliphatic hydroxyl groups excluding tert-OH is 1. The lowest BCUT2D eigenvalue weighted by Gasteiger charge is -2.13. The van der Waals surface area contributed by atoms with Crippen molar-refractivity contribution in [1.82, 2.24) is 0 Å². The third-order valence-corrected chi connectivity index (χ3v) is 1.95. The van der Waals surface area contributed by atoms with Gasteiger partial charge in [-0.15, -0.1) is 24.8 Å². The summed E-state index contributed by atoms with van der Waals surface area (Å²) in [5.41, 5.74) is 7.05. The van der Waals surface area contributed by atoms with E-state index in [-0.39, 0.29) is 24.8 Å². The first-order chi connectivity index (χ1) is 6.67. The van der Waals surface area contributed by atoms with Crippen LogP contribution in [0.4, 0.5) is 11.4 Å².